The second-order valence-electron chi connectivity index (χ2n) is 5.24. The Hall–Kier alpha value is -0.630. The molecule has 3 N–H and O–H groups in total. The lowest BCUT2D eigenvalue weighted by molar-refractivity contribution is -0.305. The molecule has 1 aromatic rings. The van der Waals surface area contributed by atoms with Crippen molar-refractivity contribution < 1.29 is 19.3 Å². The number of ether oxygens (including phenoxy) is 3. The van der Waals surface area contributed by atoms with Crippen LogP contribution in [0.1, 0.15) is 18.8 Å². The zero-order chi connectivity index (χ0) is 14.8. The summed E-state index contributed by atoms with van der Waals surface area (Å²) in [5, 5.41) is 10.4. The largest absolute Gasteiger partial charge is 0.389 e. The number of rotatable bonds is 3. The van der Waals surface area contributed by atoms with E-state index < -0.39 is 24.5 Å². The van der Waals surface area contributed by atoms with E-state index >= 15 is 0 Å². The number of thioether (sulfide) groups is 1. The molecular weight excluding hydrogens is 290 g/mol. The molecule has 3 rings (SSSR count). The van der Waals surface area contributed by atoms with Crippen LogP contribution in [0.5, 0.6) is 0 Å². The fourth-order valence-corrected chi connectivity index (χ4v) is 3.64. The van der Waals surface area contributed by atoms with Crippen LogP contribution in [0.25, 0.3) is 0 Å². The average Bonchev–Trinajstić information content (AvgIpc) is 2.53. The van der Waals surface area contributed by atoms with Crippen LogP contribution >= 0.6 is 11.8 Å². The summed E-state index contributed by atoms with van der Waals surface area (Å²) in [6.45, 7) is 2.44. The number of hydrogen-bond acceptors (Lipinski definition) is 6. The molecule has 2 aliphatic rings. The van der Waals surface area contributed by atoms with E-state index in [-0.39, 0.29) is 11.5 Å². The van der Waals surface area contributed by atoms with Crippen molar-refractivity contribution in [2.24, 2.45) is 5.73 Å². The van der Waals surface area contributed by atoms with Gasteiger partial charge in [-0.1, -0.05) is 37.3 Å². The molecule has 1 aromatic carbocycles. The molecule has 6 atom stereocenters. The summed E-state index contributed by atoms with van der Waals surface area (Å²) in [7, 11) is 0. The van der Waals surface area contributed by atoms with Gasteiger partial charge < -0.3 is 25.1 Å². The van der Waals surface area contributed by atoms with Gasteiger partial charge in [0, 0.05) is 5.56 Å². The van der Waals surface area contributed by atoms with E-state index in [9.17, 15) is 5.11 Å². The lowest BCUT2D eigenvalue weighted by Gasteiger charge is -2.46. The van der Waals surface area contributed by atoms with Gasteiger partial charge in [0.15, 0.2) is 6.29 Å². The minimum atomic E-state index is -0.747. The maximum atomic E-state index is 10.4. The lowest BCUT2D eigenvalue weighted by Crippen LogP contribution is -2.63. The number of aliphatic hydroxyl groups excluding tert-OH is 1. The lowest BCUT2D eigenvalue weighted by atomic mass is 9.97. The Kier molecular flexibility index (Phi) is 4.83. The number of aliphatic hydroxyl groups is 1. The molecule has 21 heavy (non-hydrogen) atoms. The zero-order valence-corrected chi connectivity index (χ0v) is 12.7. The number of nitrogens with two attached hydrogens (primary N) is 1. The Bertz CT molecular complexity index is 458. The summed E-state index contributed by atoms with van der Waals surface area (Å²) >= 11 is 1.60. The molecule has 0 bridgehead atoms. The standard InChI is InChI=1S/C15H21NO4S/c1-2-21-15-11(16)12(17)13-10(19-15)8-18-14(20-13)9-6-4-3-5-7-9/h3-7,10-15,17H,2,8,16H2,1H3/t10?,11?,12?,13-,14?,15+/m1/s1. The van der Waals surface area contributed by atoms with E-state index in [0.717, 1.165) is 11.3 Å². The first-order valence-electron chi connectivity index (χ1n) is 7.23. The minimum absolute atomic E-state index is 0.216. The molecule has 0 aromatic heterocycles. The first kappa shape index (κ1) is 15.3. The van der Waals surface area contributed by atoms with E-state index in [1.54, 1.807) is 11.8 Å². The maximum Gasteiger partial charge on any atom is 0.184 e. The zero-order valence-electron chi connectivity index (χ0n) is 11.9. The Balaban J connectivity index is 1.71. The monoisotopic (exact) mass is 311 g/mol. The summed E-state index contributed by atoms with van der Waals surface area (Å²) in [5.74, 6) is 0.886. The van der Waals surface area contributed by atoms with Crippen LogP contribution in [0.15, 0.2) is 30.3 Å². The van der Waals surface area contributed by atoms with E-state index in [1.807, 2.05) is 37.3 Å². The van der Waals surface area contributed by atoms with Gasteiger partial charge in [0.2, 0.25) is 0 Å². The summed E-state index contributed by atoms with van der Waals surface area (Å²) in [6.07, 6.45) is -1.95. The fourth-order valence-electron chi connectivity index (χ4n) is 2.71. The summed E-state index contributed by atoms with van der Waals surface area (Å²) in [6, 6.07) is 9.23. The predicted molar refractivity (Wildman–Crippen MR) is 80.8 cm³/mol. The van der Waals surface area contributed by atoms with Gasteiger partial charge >= 0.3 is 0 Å². The first-order chi connectivity index (χ1) is 10.2. The second-order valence-corrected chi connectivity index (χ2v) is 6.62. The molecular formula is C15H21NO4S. The van der Waals surface area contributed by atoms with Gasteiger partial charge in [0.25, 0.3) is 0 Å². The molecule has 4 unspecified atom stereocenters. The molecule has 2 fully saturated rings. The first-order valence-corrected chi connectivity index (χ1v) is 8.28. The quantitative estimate of drug-likeness (QED) is 0.876. The van der Waals surface area contributed by atoms with Crippen molar-refractivity contribution in [1.82, 2.24) is 0 Å². The van der Waals surface area contributed by atoms with Crippen molar-refractivity contribution in [2.75, 3.05) is 12.4 Å². The molecule has 116 valence electrons. The predicted octanol–water partition coefficient (Wildman–Crippen LogP) is 1.27. The summed E-state index contributed by atoms with van der Waals surface area (Å²) < 4.78 is 17.6. The molecule has 5 nitrogen and oxygen atoms in total. The normalized spacial score (nSPS) is 39.8. The van der Waals surface area contributed by atoms with E-state index in [1.165, 1.54) is 0 Å². The molecule has 0 radical (unpaired) electrons. The highest BCUT2D eigenvalue weighted by atomic mass is 32.2. The highest BCUT2D eigenvalue weighted by Gasteiger charge is 2.47. The molecule has 2 aliphatic heterocycles. The fraction of sp³-hybridized carbons (Fsp3) is 0.600. The highest BCUT2D eigenvalue weighted by molar-refractivity contribution is 7.99. The third-order valence-electron chi connectivity index (χ3n) is 3.82. The number of fused-ring (bicyclic) bond motifs is 1. The van der Waals surface area contributed by atoms with Crippen molar-refractivity contribution in [3.8, 4) is 0 Å². The summed E-state index contributed by atoms with van der Waals surface area (Å²) in [5.41, 5.74) is 6.80. The van der Waals surface area contributed by atoms with Gasteiger partial charge in [-0.25, -0.2) is 0 Å². The topological polar surface area (TPSA) is 73.9 Å². The Morgan fingerprint density at radius 3 is 2.76 bits per heavy atom. The van der Waals surface area contributed by atoms with Crippen LogP contribution in [-0.2, 0) is 14.2 Å². The van der Waals surface area contributed by atoms with Gasteiger partial charge in [-0.3, -0.25) is 0 Å². The number of benzene rings is 1. The molecule has 0 aliphatic carbocycles. The third-order valence-corrected chi connectivity index (χ3v) is 4.90. The molecule has 0 saturated carbocycles. The van der Waals surface area contributed by atoms with Crippen molar-refractivity contribution >= 4 is 11.8 Å². The van der Waals surface area contributed by atoms with Crippen LogP contribution in [0.2, 0.25) is 0 Å². The minimum Gasteiger partial charge on any atom is -0.389 e. The average molecular weight is 311 g/mol. The molecule has 2 heterocycles. The van der Waals surface area contributed by atoms with Gasteiger partial charge in [0.05, 0.1) is 12.6 Å². The molecule has 2 saturated heterocycles. The SMILES string of the molecule is CCS[C@@H]1OC2COC(c3ccccc3)O[C@H]2C(O)C1N. The summed E-state index contributed by atoms with van der Waals surface area (Å²) in [4.78, 5) is 0. The Labute approximate surface area is 128 Å². The second kappa shape index (κ2) is 6.64. The third kappa shape index (κ3) is 3.11. The molecule has 0 amide bonds. The van der Waals surface area contributed by atoms with Gasteiger partial charge in [0.1, 0.15) is 23.7 Å². The van der Waals surface area contributed by atoms with Crippen molar-refractivity contribution in [1.29, 1.82) is 0 Å². The Morgan fingerprint density at radius 1 is 1.29 bits per heavy atom. The van der Waals surface area contributed by atoms with E-state index in [4.69, 9.17) is 19.9 Å². The van der Waals surface area contributed by atoms with Crippen LogP contribution < -0.4 is 5.73 Å². The van der Waals surface area contributed by atoms with Crippen LogP contribution in [0.4, 0.5) is 0 Å². The van der Waals surface area contributed by atoms with Crippen LogP contribution in [0.3, 0.4) is 0 Å². The van der Waals surface area contributed by atoms with Crippen molar-refractivity contribution in [3.05, 3.63) is 35.9 Å². The molecule has 6 heteroatoms. The van der Waals surface area contributed by atoms with Gasteiger partial charge in [-0.2, -0.15) is 0 Å². The smallest absolute Gasteiger partial charge is 0.184 e. The van der Waals surface area contributed by atoms with Crippen molar-refractivity contribution in [2.45, 2.75) is 43.0 Å². The van der Waals surface area contributed by atoms with E-state index in [0.29, 0.717) is 6.61 Å². The van der Waals surface area contributed by atoms with Gasteiger partial charge in [-0.05, 0) is 5.75 Å². The number of hydrogen-bond donors (Lipinski definition) is 2. The van der Waals surface area contributed by atoms with E-state index in [2.05, 4.69) is 0 Å². The van der Waals surface area contributed by atoms with Crippen LogP contribution in [-0.4, -0.2) is 47.3 Å². The molecule has 0 spiro atoms. The highest BCUT2D eigenvalue weighted by Crippen LogP contribution is 2.35. The van der Waals surface area contributed by atoms with Crippen LogP contribution in [0, 0.1) is 0 Å². The van der Waals surface area contributed by atoms with Crippen molar-refractivity contribution in [3.63, 3.8) is 0 Å². The maximum absolute atomic E-state index is 10.4. The Morgan fingerprint density at radius 2 is 2.05 bits per heavy atom. The van der Waals surface area contributed by atoms with Gasteiger partial charge in [-0.15, -0.1) is 11.8 Å².